The standard InChI is InChI=1S/C18H18N2O3S/c1-3-20-17(21)16(12-15-6-5-11-23-15)24-18(20)19-13-7-9-14(10-8-13)22-4-2/h5-12H,3-4H2,1-2H3/b16-12-,19-18?. The van der Waals surface area contributed by atoms with Gasteiger partial charge in [-0.15, -0.1) is 0 Å². The molecule has 0 aliphatic carbocycles. The first kappa shape index (κ1) is 16.4. The second kappa shape index (κ2) is 7.40. The van der Waals surface area contributed by atoms with E-state index in [1.807, 2.05) is 44.2 Å². The second-order valence-corrected chi connectivity index (χ2v) is 6.01. The Kier molecular flexibility index (Phi) is 5.05. The van der Waals surface area contributed by atoms with E-state index < -0.39 is 0 Å². The summed E-state index contributed by atoms with van der Waals surface area (Å²) in [7, 11) is 0. The number of hydrogen-bond donors (Lipinski definition) is 0. The molecule has 1 aromatic heterocycles. The van der Waals surface area contributed by atoms with E-state index in [1.165, 1.54) is 11.8 Å². The van der Waals surface area contributed by atoms with Gasteiger partial charge in [0.1, 0.15) is 11.5 Å². The van der Waals surface area contributed by atoms with E-state index in [9.17, 15) is 4.79 Å². The predicted molar refractivity (Wildman–Crippen MR) is 96.4 cm³/mol. The number of carbonyl (C=O) groups is 1. The molecule has 1 saturated heterocycles. The van der Waals surface area contributed by atoms with E-state index in [2.05, 4.69) is 4.99 Å². The molecule has 0 atom stereocenters. The number of likely N-dealkylation sites (N-methyl/N-ethyl adjacent to an activating group) is 1. The molecule has 1 aliphatic heterocycles. The van der Waals surface area contributed by atoms with Gasteiger partial charge in [-0.1, -0.05) is 0 Å². The maximum atomic E-state index is 12.5. The lowest BCUT2D eigenvalue weighted by molar-refractivity contribution is -0.122. The Bertz CT molecular complexity index is 764. The topological polar surface area (TPSA) is 55.0 Å². The van der Waals surface area contributed by atoms with Crippen molar-refractivity contribution in [3.63, 3.8) is 0 Å². The molecular weight excluding hydrogens is 324 g/mol. The van der Waals surface area contributed by atoms with E-state index >= 15 is 0 Å². The van der Waals surface area contributed by atoms with Crippen LogP contribution < -0.4 is 4.74 Å². The molecule has 2 heterocycles. The fraction of sp³-hybridized carbons (Fsp3) is 0.222. The van der Waals surface area contributed by atoms with E-state index in [0.29, 0.717) is 29.0 Å². The van der Waals surface area contributed by atoms with E-state index in [-0.39, 0.29) is 5.91 Å². The van der Waals surface area contributed by atoms with Gasteiger partial charge < -0.3 is 9.15 Å². The number of thioether (sulfide) groups is 1. The molecule has 0 N–H and O–H groups in total. The molecular formula is C18H18N2O3S. The molecule has 24 heavy (non-hydrogen) atoms. The number of amidine groups is 1. The van der Waals surface area contributed by atoms with Gasteiger partial charge in [-0.3, -0.25) is 9.69 Å². The number of benzene rings is 1. The largest absolute Gasteiger partial charge is 0.494 e. The van der Waals surface area contributed by atoms with Gasteiger partial charge in [0.15, 0.2) is 5.17 Å². The van der Waals surface area contributed by atoms with Gasteiger partial charge in [0.2, 0.25) is 0 Å². The zero-order valence-corrected chi connectivity index (χ0v) is 14.4. The normalized spacial score (nSPS) is 17.9. The quantitative estimate of drug-likeness (QED) is 0.760. The molecule has 1 aromatic carbocycles. The summed E-state index contributed by atoms with van der Waals surface area (Å²) in [4.78, 5) is 19.4. The summed E-state index contributed by atoms with van der Waals surface area (Å²) in [6.07, 6.45) is 3.33. The minimum absolute atomic E-state index is 0.0522. The van der Waals surface area contributed by atoms with E-state index in [0.717, 1.165) is 11.4 Å². The molecule has 0 unspecified atom stereocenters. The summed E-state index contributed by atoms with van der Waals surface area (Å²) in [6, 6.07) is 11.1. The molecule has 1 aliphatic rings. The van der Waals surface area contributed by atoms with Crippen LogP contribution in [0.5, 0.6) is 5.75 Å². The van der Waals surface area contributed by atoms with Crippen LogP contribution in [0.25, 0.3) is 6.08 Å². The Morgan fingerprint density at radius 2 is 2.04 bits per heavy atom. The van der Waals surface area contributed by atoms with Gasteiger partial charge in [0, 0.05) is 12.6 Å². The monoisotopic (exact) mass is 342 g/mol. The van der Waals surface area contributed by atoms with Gasteiger partial charge >= 0.3 is 0 Å². The Morgan fingerprint density at radius 1 is 1.25 bits per heavy atom. The minimum atomic E-state index is -0.0522. The molecule has 0 bridgehead atoms. The first-order valence-corrected chi connectivity index (χ1v) is 8.59. The summed E-state index contributed by atoms with van der Waals surface area (Å²) in [5, 5.41) is 0.671. The zero-order valence-electron chi connectivity index (χ0n) is 13.6. The van der Waals surface area contributed by atoms with Crippen molar-refractivity contribution in [3.8, 4) is 5.75 Å². The highest BCUT2D eigenvalue weighted by Crippen LogP contribution is 2.34. The van der Waals surface area contributed by atoms with Crippen LogP contribution in [-0.2, 0) is 4.79 Å². The molecule has 5 nitrogen and oxygen atoms in total. The third kappa shape index (κ3) is 3.54. The lowest BCUT2D eigenvalue weighted by Gasteiger charge is -2.12. The molecule has 0 saturated carbocycles. The number of nitrogens with zero attached hydrogens (tertiary/aromatic N) is 2. The summed E-state index contributed by atoms with van der Waals surface area (Å²) >= 11 is 1.36. The Hall–Kier alpha value is -2.47. The average Bonchev–Trinajstić information content (AvgIpc) is 3.19. The Labute approximate surface area is 145 Å². The number of carbonyl (C=O) groups excluding carboxylic acids is 1. The summed E-state index contributed by atoms with van der Waals surface area (Å²) < 4.78 is 10.7. The van der Waals surface area contributed by atoms with Crippen molar-refractivity contribution in [1.82, 2.24) is 4.90 Å². The lowest BCUT2D eigenvalue weighted by atomic mass is 10.3. The van der Waals surface area contributed by atoms with Gasteiger partial charge in [0.25, 0.3) is 5.91 Å². The third-order valence-electron chi connectivity index (χ3n) is 3.39. The number of amides is 1. The third-order valence-corrected chi connectivity index (χ3v) is 4.40. The average molecular weight is 342 g/mol. The van der Waals surface area contributed by atoms with E-state index in [4.69, 9.17) is 9.15 Å². The molecule has 0 spiro atoms. The van der Waals surface area contributed by atoms with Crippen molar-refractivity contribution >= 4 is 34.6 Å². The van der Waals surface area contributed by atoms with Crippen LogP contribution in [0.15, 0.2) is 57.0 Å². The highest BCUT2D eigenvalue weighted by atomic mass is 32.2. The molecule has 3 rings (SSSR count). The SMILES string of the molecule is CCOc1ccc(N=C2S/C(=C\c3ccco3)C(=O)N2CC)cc1. The molecule has 6 heteroatoms. The summed E-state index contributed by atoms with van der Waals surface area (Å²) in [6.45, 7) is 5.07. The van der Waals surface area contributed by atoms with Crippen LogP contribution in [0.2, 0.25) is 0 Å². The number of rotatable bonds is 5. The highest BCUT2D eigenvalue weighted by molar-refractivity contribution is 8.18. The fourth-order valence-electron chi connectivity index (χ4n) is 2.27. The predicted octanol–water partition coefficient (Wildman–Crippen LogP) is 4.30. The number of furan rings is 1. The van der Waals surface area contributed by atoms with Crippen molar-refractivity contribution in [3.05, 3.63) is 53.3 Å². The fourth-order valence-corrected chi connectivity index (χ4v) is 3.31. The van der Waals surface area contributed by atoms with Crippen molar-refractivity contribution in [2.75, 3.05) is 13.2 Å². The molecule has 1 fully saturated rings. The molecule has 2 aromatic rings. The smallest absolute Gasteiger partial charge is 0.266 e. The van der Waals surface area contributed by atoms with Crippen LogP contribution in [0.1, 0.15) is 19.6 Å². The van der Waals surface area contributed by atoms with Crippen LogP contribution in [0.3, 0.4) is 0 Å². The summed E-state index contributed by atoms with van der Waals surface area (Å²) in [5.41, 5.74) is 0.784. The maximum Gasteiger partial charge on any atom is 0.266 e. The van der Waals surface area contributed by atoms with Crippen LogP contribution in [0.4, 0.5) is 5.69 Å². The Morgan fingerprint density at radius 3 is 2.67 bits per heavy atom. The maximum absolute atomic E-state index is 12.5. The number of ether oxygens (including phenoxy) is 1. The van der Waals surface area contributed by atoms with Crippen LogP contribution >= 0.6 is 11.8 Å². The van der Waals surface area contributed by atoms with Gasteiger partial charge in [-0.2, -0.15) is 0 Å². The second-order valence-electron chi connectivity index (χ2n) is 5.00. The van der Waals surface area contributed by atoms with Crippen LogP contribution in [-0.4, -0.2) is 29.1 Å². The highest BCUT2D eigenvalue weighted by Gasteiger charge is 2.32. The van der Waals surface area contributed by atoms with Gasteiger partial charge in [-0.25, -0.2) is 4.99 Å². The number of aliphatic imine (C=N–C) groups is 1. The van der Waals surface area contributed by atoms with Crippen molar-refractivity contribution < 1.29 is 13.9 Å². The molecule has 1 amide bonds. The van der Waals surface area contributed by atoms with Crippen LogP contribution in [0, 0.1) is 0 Å². The zero-order chi connectivity index (χ0) is 16.9. The summed E-state index contributed by atoms with van der Waals surface area (Å²) in [5.74, 6) is 1.41. The van der Waals surface area contributed by atoms with Crippen molar-refractivity contribution in [2.45, 2.75) is 13.8 Å². The van der Waals surface area contributed by atoms with Gasteiger partial charge in [-0.05, 0) is 62.0 Å². The number of hydrogen-bond acceptors (Lipinski definition) is 5. The van der Waals surface area contributed by atoms with Crippen molar-refractivity contribution in [1.29, 1.82) is 0 Å². The van der Waals surface area contributed by atoms with Crippen molar-refractivity contribution in [2.24, 2.45) is 4.99 Å². The lowest BCUT2D eigenvalue weighted by Crippen LogP contribution is -2.28. The first-order valence-electron chi connectivity index (χ1n) is 7.77. The molecule has 124 valence electrons. The minimum Gasteiger partial charge on any atom is -0.494 e. The van der Waals surface area contributed by atoms with E-state index in [1.54, 1.807) is 23.3 Å². The Balaban J connectivity index is 1.85. The van der Waals surface area contributed by atoms with Gasteiger partial charge in [0.05, 0.1) is 23.5 Å². The molecule has 0 radical (unpaired) electrons. The first-order chi connectivity index (χ1) is 11.7.